The van der Waals surface area contributed by atoms with Crippen molar-refractivity contribution in [1.82, 2.24) is 4.90 Å². The topological polar surface area (TPSA) is 41.9 Å². The molecule has 0 radical (unpaired) electrons. The highest BCUT2D eigenvalue weighted by Crippen LogP contribution is 2.37. The molecule has 1 N–H and O–H groups in total. The number of aliphatic hydroxyl groups is 1. The van der Waals surface area contributed by atoms with Crippen molar-refractivity contribution >= 4 is 0 Å². The zero-order valence-corrected chi connectivity index (χ0v) is 11.9. The zero-order chi connectivity index (χ0) is 13.1. The molecule has 0 aromatic carbocycles. The van der Waals surface area contributed by atoms with Crippen molar-refractivity contribution < 1.29 is 14.6 Å². The Hall–Kier alpha value is -0.160. The lowest BCUT2D eigenvalue weighted by Gasteiger charge is -2.45. The van der Waals surface area contributed by atoms with E-state index in [2.05, 4.69) is 4.90 Å². The Labute approximate surface area is 116 Å². The van der Waals surface area contributed by atoms with Crippen LogP contribution in [0.15, 0.2) is 0 Å². The second kappa shape index (κ2) is 6.08. The maximum atomic E-state index is 9.07. The van der Waals surface area contributed by atoms with Gasteiger partial charge >= 0.3 is 0 Å². The molecule has 0 aliphatic carbocycles. The average Bonchev–Trinajstić information content (AvgIpc) is 2.89. The molecule has 3 rings (SSSR count). The van der Waals surface area contributed by atoms with Gasteiger partial charge in [-0.05, 0) is 51.0 Å². The van der Waals surface area contributed by atoms with Gasteiger partial charge in [0.05, 0.1) is 5.60 Å². The molecule has 19 heavy (non-hydrogen) atoms. The molecule has 3 aliphatic heterocycles. The van der Waals surface area contributed by atoms with E-state index in [1.807, 2.05) is 0 Å². The molecule has 4 heteroatoms. The number of ether oxygens (including phenoxy) is 2. The molecule has 2 atom stereocenters. The van der Waals surface area contributed by atoms with Crippen LogP contribution in [0.4, 0.5) is 0 Å². The van der Waals surface area contributed by atoms with Crippen molar-refractivity contribution in [1.29, 1.82) is 0 Å². The quantitative estimate of drug-likeness (QED) is 0.841. The fourth-order valence-corrected chi connectivity index (χ4v) is 4.02. The van der Waals surface area contributed by atoms with Crippen LogP contribution in [0, 0.1) is 5.92 Å². The summed E-state index contributed by atoms with van der Waals surface area (Å²) in [7, 11) is 0. The van der Waals surface area contributed by atoms with Gasteiger partial charge in [0.2, 0.25) is 0 Å². The summed E-state index contributed by atoms with van der Waals surface area (Å²) >= 11 is 0. The van der Waals surface area contributed by atoms with E-state index in [0.717, 1.165) is 39.1 Å². The van der Waals surface area contributed by atoms with Crippen LogP contribution in [0.1, 0.15) is 38.5 Å². The van der Waals surface area contributed by atoms with Gasteiger partial charge in [0, 0.05) is 39.0 Å². The molecule has 110 valence electrons. The Morgan fingerprint density at radius 2 is 2.00 bits per heavy atom. The van der Waals surface area contributed by atoms with E-state index in [4.69, 9.17) is 14.6 Å². The lowest BCUT2D eigenvalue weighted by atomic mass is 9.83. The molecule has 2 unspecified atom stereocenters. The first kappa shape index (κ1) is 13.8. The maximum Gasteiger partial charge on any atom is 0.0741 e. The van der Waals surface area contributed by atoms with Crippen LogP contribution in [0.5, 0.6) is 0 Å². The maximum absolute atomic E-state index is 9.07. The van der Waals surface area contributed by atoms with Crippen LogP contribution in [0.2, 0.25) is 0 Å². The standard InChI is InChI=1S/C15H27NO3/c17-7-2-13-1-6-16(12-13)14-3-8-19-15(11-14)4-9-18-10-5-15/h13-14,17H,1-12H2. The Kier molecular flexibility index (Phi) is 4.42. The minimum atomic E-state index is 0.107. The zero-order valence-electron chi connectivity index (χ0n) is 11.9. The smallest absolute Gasteiger partial charge is 0.0741 e. The summed E-state index contributed by atoms with van der Waals surface area (Å²) < 4.78 is 11.6. The van der Waals surface area contributed by atoms with Gasteiger partial charge in [-0.15, -0.1) is 0 Å². The van der Waals surface area contributed by atoms with E-state index in [0.29, 0.717) is 18.6 Å². The minimum Gasteiger partial charge on any atom is -0.396 e. The highest BCUT2D eigenvalue weighted by atomic mass is 16.5. The number of aliphatic hydroxyl groups excluding tert-OH is 1. The first-order valence-electron chi connectivity index (χ1n) is 7.88. The van der Waals surface area contributed by atoms with Gasteiger partial charge in [0.1, 0.15) is 0 Å². The van der Waals surface area contributed by atoms with Gasteiger partial charge in [-0.25, -0.2) is 0 Å². The summed E-state index contributed by atoms with van der Waals surface area (Å²) in [5.41, 5.74) is 0.107. The van der Waals surface area contributed by atoms with Gasteiger partial charge in [0.25, 0.3) is 0 Å². The van der Waals surface area contributed by atoms with Crippen LogP contribution < -0.4 is 0 Å². The molecular weight excluding hydrogens is 242 g/mol. The second-order valence-electron chi connectivity index (χ2n) is 6.45. The number of hydrogen-bond acceptors (Lipinski definition) is 4. The van der Waals surface area contributed by atoms with Gasteiger partial charge in [0.15, 0.2) is 0 Å². The molecule has 0 aromatic rings. The first-order chi connectivity index (χ1) is 9.31. The Morgan fingerprint density at radius 3 is 2.79 bits per heavy atom. The van der Waals surface area contributed by atoms with Crippen LogP contribution >= 0.6 is 0 Å². The van der Waals surface area contributed by atoms with Gasteiger partial charge < -0.3 is 14.6 Å². The summed E-state index contributed by atoms with van der Waals surface area (Å²) in [6, 6.07) is 0.690. The fourth-order valence-electron chi connectivity index (χ4n) is 4.02. The SMILES string of the molecule is OCCC1CCN(C2CCOC3(CCOCC3)C2)C1. The largest absolute Gasteiger partial charge is 0.396 e. The molecule has 3 heterocycles. The summed E-state index contributed by atoms with van der Waals surface area (Å²) in [6.07, 6.45) is 6.72. The molecule has 0 aromatic heterocycles. The number of likely N-dealkylation sites (tertiary alicyclic amines) is 1. The van der Waals surface area contributed by atoms with E-state index in [9.17, 15) is 0 Å². The lowest BCUT2D eigenvalue weighted by Crippen LogP contribution is -2.50. The third kappa shape index (κ3) is 3.13. The lowest BCUT2D eigenvalue weighted by molar-refractivity contribution is -0.150. The molecule has 1 spiro atoms. The highest BCUT2D eigenvalue weighted by molar-refractivity contribution is 4.94. The first-order valence-corrected chi connectivity index (χ1v) is 7.88. The van der Waals surface area contributed by atoms with E-state index >= 15 is 0 Å². The van der Waals surface area contributed by atoms with Gasteiger partial charge in [-0.1, -0.05) is 0 Å². The third-order valence-corrected chi connectivity index (χ3v) is 5.24. The van der Waals surface area contributed by atoms with Crippen LogP contribution in [0.3, 0.4) is 0 Å². The van der Waals surface area contributed by atoms with Gasteiger partial charge in [-0.3, -0.25) is 4.90 Å². The van der Waals surface area contributed by atoms with Crippen molar-refractivity contribution in [3.05, 3.63) is 0 Å². The monoisotopic (exact) mass is 269 g/mol. The van der Waals surface area contributed by atoms with Crippen molar-refractivity contribution in [3.63, 3.8) is 0 Å². The summed E-state index contributed by atoms with van der Waals surface area (Å²) in [5.74, 6) is 0.707. The summed E-state index contributed by atoms with van der Waals surface area (Å²) in [4.78, 5) is 2.65. The third-order valence-electron chi connectivity index (χ3n) is 5.24. The predicted molar refractivity (Wildman–Crippen MR) is 73.1 cm³/mol. The predicted octanol–water partition coefficient (Wildman–Crippen LogP) is 1.42. The van der Waals surface area contributed by atoms with Crippen LogP contribution in [-0.2, 0) is 9.47 Å². The molecule has 0 amide bonds. The Balaban J connectivity index is 1.56. The minimum absolute atomic E-state index is 0.107. The van der Waals surface area contributed by atoms with Crippen molar-refractivity contribution in [2.24, 2.45) is 5.92 Å². The van der Waals surface area contributed by atoms with Crippen molar-refractivity contribution in [3.8, 4) is 0 Å². The number of rotatable bonds is 3. The summed E-state index contributed by atoms with van der Waals surface area (Å²) in [5, 5.41) is 9.07. The molecule has 0 bridgehead atoms. The summed E-state index contributed by atoms with van der Waals surface area (Å²) in [6.45, 7) is 5.36. The van der Waals surface area contributed by atoms with E-state index < -0.39 is 0 Å². The van der Waals surface area contributed by atoms with Gasteiger partial charge in [-0.2, -0.15) is 0 Å². The van der Waals surface area contributed by atoms with E-state index in [1.54, 1.807) is 0 Å². The molecule has 4 nitrogen and oxygen atoms in total. The normalized spacial score (nSPS) is 35.8. The van der Waals surface area contributed by atoms with E-state index in [1.165, 1.54) is 32.4 Å². The Bertz CT molecular complexity index is 286. The Morgan fingerprint density at radius 1 is 1.16 bits per heavy atom. The van der Waals surface area contributed by atoms with Crippen LogP contribution in [-0.4, -0.2) is 61.2 Å². The van der Waals surface area contributed by atoms with Crippen LogP contribution in [0.25, 0.3) is 0 Å². The van der Waals surface area contributed by atoms with Crippen molar-refractivity contribution in [2.75, 3.05) is 39.5 Å². The van der Waals surface area contributed by atoms with E-state index in [-0.39, 0.29) is 5.60 Å². The second-order valence-corrected chi connectivity index (χ2v) is 6.45. The molecule has 3 saturated heterocycles. The fraction of sp³-hybridized carbons (Fsp3) is 1.00. The number of hydrogen-bond donors (Lipinski definition) is 1. The number of nitrogens with zero attached hydrogens (tertiary/aromatic N) is 1. The molecule has 0 saturated carbocycles. The average molecular weight is 269 g/mol. The highest BCUT2D eigenvalue weighted by Gasteiger charge is 2.41. The molecular formula is C15H27NO3. The van der Waals surface area contributed by atoms with Crippen molar-refractivity contribution in [2.45, 2.75) is 50.2 Å². The molecule has 3 aliphatic rings. The molecule has 3 fully saturated rings.